The number of rotatable bonds is 1. The van der Waals surface area contributed by atoms with Gasteiger partial charge in [0.05, 0.1) is 5.54 Å². The van der Waals surface area contributed by atoms with Gasteiger partial charge in [-0.25, -0.2) is 0 Å². The zero-order valence-corrected chi connectivity index (χ0v) is 9.52. The summed E-state index contributed by atoms with van der Waals surface area (Å²) in [5, 5.41) is 3.04. The lowest BCUT2D eigenvalue weighted by molar-refractivity contribution is -0.286. The molecule has 1 fully saturated rings. The molecule has 0 spiro atoms. The first-order chi connectivity index (χ1) is 7.49. The molecule has 1 aromatic rings. The maximum atomic E-state index is 12.8. The van der Waals surface area contributed by atoms with Crippen molar-refractivity contribution in [3.8, 4) is 11.5 Å². The average Bonchev–Trinajstić information content (AvgIpc) is 2.46. The summed E-state index contributed by atoms with van der Waals surface area (Å²) in [6, 6.07) is 4.65. The lowest BCUT2D eigenvalue weighted by Gasteiger charge is -2.39. The maximum absolute atomic E-state index is 12.8. The van der Waals surface area contributed by atoms with E-state index in [0.29, 0.717) is 13.1 Å². The topological polar surface area (TPSA) is 56.5 Å². The first-order valence-electron chi connectivity index (χ1n) is 4.89. The van der Waals surface area contributed by atoms with Gasteiger partial charge in [0.15, 0.2) is 11.5 Å². The van der Waals surface area contributed by atoms with Crippen molar-refractivity contribution in [1.29, 1.82) is 0 Å². The lowest BCUT2D eigenvalue weighted by atomic mass is 9.85. The fourth-order valence-corrected chi connectivity index (χ4v) is 1.86. The van der Waals surface area contributed by atoms with E-state index < -0.39 is 11.8 Å². The number of benzene rings is 1. The van der Waals surface area contributed by atoms with Crippen LogP contribution < -0.4 is 20.5 Å². The largest absolute Gasteiger partial charge is 0.586 e. The van der Waals surface area contributed by atoms with Crippen molar-refractivity contribution in [2.75, 3.05) is 13.1 Å². The Morgan fingerprint density at radius 1 is 1.18 bits per heavy atom. The van der Waals surface area contributed by atoms with Crippen LogP contribution in [-0.2, 0) is 5.54 Å². The molecule has 1 aromatic carbocycles. The van der Waals surface area contributed by atoms with Crippen LogP contribution >= 0.6 is 12.4 Å². The molecule has 3 N–H and O–H groups in total. The Hall–Kier alpha value is -1.11. The third kappa shape index (κ3) is 1.92. The molecule has 1 saturated heterocycles. The third-order valence-electron chi connectivity index (χ3n) is 2.86. The van der Waals surface area contributed by atoms with Crippen molar-refractivity contribution in [2.24, 2.45) is 5.73 Å². The molecule has 4 nitrogen and oxygen atoms in total. The lowest BCUT2D eigenvalue weighted by Crippen LogP contribution is -2.62. The fourth-order valence-electron chi connectivity index (χ4n) is 1.86. The minimum absolute atomic E-state index is 0. The molecule has 2 heterocycles. The van der Waals surface area contributed by atoms with Gasteiger partial charge in [0.1, 0.15) is 0 Å². The van der Waals surface area contributed by atoms with E-state index in [9.17, 15) is 8.78 Å². The smallest absolute Gasteiger partial charge is 0.395 e. The van der Waals surface area contributed by atoms with Crippen LogP contribution in [0.3, 0.4) is 0 Å². The SMILES string of the molecule is Cl.NC1(c2ccc3c(c2)OC(F)(F)O3)CNC1. The van der Waals surface area contributed by atoms with Crippen LogP contribution in [0.2, 0.25) is 0 Å². The molecule has 7 heteroatoms. The first kappa shape index (κ1) is 12.3. The number of alkyl halides is 2. The van der Waals surface area contributed by atoms with E-state index in [0.717, 1.165) is 5.56 Å². The van der Waals surface area contributed by atoms with Crippen LogP contribution in [0, 0.1) is 0 Å². The Balaban J connectivity index is 0.00000108. The quantitative estimate of drug-likeness (QED) is 0.800. The minimum atomic E-state index is -3.57. The number of nitrogens with one attached hydrogen (secondary N) is 1. The Bertz CT molecular complexity index is 452. The van der Waals surface area contributed by atoms with Gasteiger partial charge in [0.25, 0.3) is 0 Å². The van der Waals surface area contributed by atoms with Gasteiger partial charge in [-0.15, -0.1) is 21.2 Å². The molecule has 0 bridgehead atoms. The van der Waals surface area contributed by atoms with E-state index in [1.807, 2.05) is 0 Å². The van der Waals surface area contributed by atoms with Crippen LogP contribution in [0.5, 0.6) is 11.5 Å². The number of nitrogens with two attached hydrogens (primary N) is 1. The van der Waals surface area contributed by atoms with Gasteiger partial charge >= 0.3 is 6.29 Å². The molecular formula is C10H11ClF2N2O2. The van der Waals surface area contributed by atoms with E-state index in [1.165, 1.54) is 12.1 Å². The highest BCUT2D eigenvalue weighted by Gasteiger charge is 2.44. The molecule has 2 aliphatic heterocycles. The first-order valence-corrected chi connectivity index (χ1v) is 4.89. The van der Waals surface area contributed by atoms with Gasteiger partial charge in [-0.1, -0.05) is 6.07 Å². The molecular weight excluding hydrogens is 254 g/mol. The Morgan fingerprint density at radius 2 is 1.82 bits per heavy atom. The van der Waals surface area contributed by atoms with Crippen molar-refractivity contribution in [2.45, 2.75) is 11.8 Å². The van der Waals surface area contributed by atoms with E-state index in [1.54, 1.807) is 6.07 Å². The van der Waals surface area contributed by atoms with Crippen molar-refractivity contribution in [3.63, 3.8) is 0 Å². The van der Waals surface area contributed by atoms with Crippen molar-refractivity contribution in [3.05, 3.63) is 23.8 Å². The normalized spacial score (nSPS) is 22.5. The number of halogens is 3. The highest BCUT2D eigenvalue weighted by molar-refractivity contribution is 5.85. The van der Waals surface area contributed by atoms with Gasteiger partial charge in [-0.05, 0) is 17.7 Å². The predicted octanol–water partition coefficient (Wildman–Crippen LogP) is 1.19. The molecule has 17 heavy (non-hydrogen) atoms. The van der Waals surface area contributed by atoms with Crippen LogP contribution in [-0.4, -0.2) is 19.4 Å². The van der Waals surface area contributed by atoms with Crippen LogP contribution in [0.25, 0.3) is 0 Å². The molecule has 0 aromatic heterocycles. The van der Waals surface area contributed by atoms with Gasteiger partial charge in [0, 0.05) is 13.1 Å². The average molecular weight is 265 g/mol. The zero-order chi connectivity index (χ0) is 11.4. The predicted molar refractivity (Wildman–Crippen MR) is 58.6 cm³/mol. The van der Waals surface area contributed by atoms with E-state index in [4.69, 9.17) is 5.73 Å². The molecule has 0 unspecified atom stereocenters. The van der Waals surface area contributed by atoms with Crippen LogP contribution in [0.15, 0.2) is 18.2 Å². The van der Waals surface area contributed by atoms with Crippen molar-refractivity contribution in [1.82, 2.24) is 5.32 Å². The number of hydrogen-bond donors (Lipinski definition) is 2. The summed E-state index contributed by atoms with van der Waals surface area (Å²) in [6.07, 6.45) is -3.57. The Morgan fingerprint density at radius 3 is 2.41 bits per heavy atom. The maximum Gasteiger partial charge on any atom is 0.586 e. The summed E-state index contributed by atoms with van der Waals surface area (Å²) in [5.74, 6) is 0.0869. The summed E-state index contributed by atoms with van der Waals surface area (Å²) < 4.78 is 34.2. The third-order valence-corrected chi connectivity index (χ3v) is 2.86. The molecule has 0 aliphatic carbocycles. The zero-order valence-electron chi connectivity index (χ0n) is 8.70. The number of hydrogen-bond acceptors (Lipinski definition) is 4. The monoisotopic (exact) mass is 264 g/mol. The Labute approximate surface area is 102 Å². The summed E-state index contributed by atoms with van der Waals surface area (Å²) in [6.45, 7) is 1.26. The molecule has 0 radical (unpaired) electrons. The number of fused-ring (bicyclic) bond motifs is 1. The van der Waals surface area contributed by atoms with E-state index in [-0.39, 0.29) is 23.9 Å². The van der Waals surface area contributed by atoms with Gasteiger partial charge < -0.3 is 20.5 Å². The second kappa shape index (κ2) is 3.69. The second-order valence-electron chi connectivity index (χ2n) is 4.09. The molecule has 2 aliphatic rings. The second-order valence-corrected chi connectivity index (χ2v) is 4.09. The highest BCUT2D eigenvalue weighted by Crippen LogP contribution is 2.42. The minimum Gasteiger partial charge on any atom is -0.395 e. The summed E-state index contributed by atoms with van der Waals surface area (Å²) in [4.78, 5) is 0. The summed E-state index contributed by atoms with van der Waals surface area (Å²) in [7, 11) is 0. The van der Waals surface area contributed by atoms with Gasteiger partial charge in [-0.2, -0.15) is 0 Å². The van der Waals surface area contributed by atoms with Crippen molar-refractivity contribution < 1.29 is 18.3 Å². The molecule has 0 amide bonds. The van der Waals surface area contributed by atoms with Gasteiger partial charge in [-0.3, -0.25) is 0 Å². The number of ether oxygens (including phenoxy) is 2. The van der Waals surface area contributed by atoms with Gasteiger partial charge in [0.2, 0.25) is 0 Å². The molecule has 3 rings (SSSR count). The van der Waals surface area contributed by atoms with Crippen LogP contribution in [0.1, 0.15) is 5.56 Å². The Kier molecular flexibility index (Phi) is 2.68. The molecule has 0 saturated carbocycles. The highest BCUT2D eigenvalue weighted by atomic mass is 35.5. The molecule has 0 atom stereocenters. The van der Waals surface area contributed by atoms with Crippen LogP contribution in [0.4, 0.5) is 8.78 Å². The standard InChI is InChI=1S/C10H10F2N2O2.ClH/c11-10(12)15-7-2-1-6(3-8(7)16-10)9(13)4-14-5-9;/h1-3,14H,4-5,13H2;1H. The fraction of sp³-hybridized carbons (Fsp3) is 0.400. The summed E-state index contributed by atoms with van der Waals surface area (Å²) >= 11 is 0. The van der Waals surface area contributed by atoms with E-state index in [2.05, 4.69) is 14.8 Å². The van der Waals surface area contributed by atoms with E-state index >= 15 is 0 Å². The summed E-state index contributed by atoms with van der Waals surface area (Å²) in [5.41, 5.74) is 6.32. The molecule has 94 valence electrons. The van der Waals surface area contributed by atoms with Crippen molar-refractivity contribution >= 4 is 12.4 Å².